The lowest BCUT2D eigenvalue weighted by molar-refractivity contribution is 0.811. The van der Waals surface area contributed by atoms with Gasteiger partial charge in [-0.3, -0.25) is 0 Å². The Bertz CT molecular complexity index is 235. The zero-order chi connectivity index (χ0) is 9.68. The molecule has 1 aromatic carbocycles. The fraction of sp³-hybridized carbons (Fsp3) is 0.455. The maximum absolute atomic E-state index is 5.71. The highest BCUT2D eigenvalue weighted by atomic mass is 35.5. The van der Waals surface area contributed by atoms with Crippen LogP contribution in [0.4, 0.5) is 0 Å². The van der Waals surface area contributed by atoms with Crippen LogP contribution in [-0.4, -0.2) is 13.1 Å². The SMILES string of the molecule is CNC1CC1.Cc1ccccc1Cl. The van der Waals surface area contributed by atoms with Gasteiger partial charge in [0.1, 0.15) is 0 Å². The number of nitrogens with one attached hydrogen (secondary N) is 1. The molecule has 2 heteroatoms. The van der Waals surface area contributed by atoms with Crippen LogP contribution < -0.4 is 5.32 Å². The van der Waals surface area contributed by atoms with E-state index in [2.05, 4.69) is 5.32 Å². The highest BCUT2D eigenvalue weighted by molar-refractivity contribution is 6.31. The van der Waals surface area contributed by atoms with E-state index in [4.69, 9.17) is 11.6 Å². The van der Waals surface area contributed by atoms with Gasteiger partial charge in [0.05, 0.1) is 0 Å². The van der Waals surface area contributed by atoms with E-state index in [-0.39, 0.29) is 0 Å². The molecule has 1 aliphatic carbocycles. The van der Waals surface area contributed by atoms with Crippen LogP contribution in [0.3, 0.4) is 0 Å². The summed E-state index contributed by atoms with van der Waals surface area (Å²) < 4.78 is 0. The Morgan fingerprint density at radius 1 is 1.31 bits per heavy atom. The van der Waals surface area contributed by atoms with E-state index < -0.39 is 0 Å². The van der Waals surface area contributed by atoms with Crippen LogP contribution in [0.25, 0.3) is 0 Å². The summed E-state index contributed by atoms with van der Waals surface area (Å²) in [5.74, 6) is 0. The Hall–Kier alpha value is -0.530. The molecular weight excluding hydrogens is 182 g/mol. The van der Waals surface area contributed by atoms with Gasteiger partial charge in [-0.2, -0.15) is 0 Å². The molecule has 0 bridgehead atoms. The van der Waals surface area contributed by atoms with Gasteiger partial charge in [-0.15, -0.1) is 0 Å². The molecule has 0 amide bonds. The highest BCUT2D eigenvalue weighted by Gasteiger charge is 2.17. The summed E-state index contributed by atoms with van der Waals surface area (Å²) in [5, 5.41) is 3.98. The predicted octanol–water partition coefficient (Wildman–Crippen LogP) is 3.02. The number of rotatable bonds is 1. The molecule has 1 nitrogen and oxygen atoms in total. The summed E-state index contributed by atoms with van der Waals surface area (Å²) in [5.41, 5.74) is 1.13. The number of benzene rings is 1. The maximum atomic E-state index is 5.71. The first-order valence-electron chi connectivity index (χ1n) is 4.62. The van der Waals surface area contributed by atoms with Gasteiger partial charge in [0.25, 0.3) is 0 Å². The third-order valence-corrected chi connectivity index (χ3v) is 2.49. The summed E-state index contributed by atoms with van der Waals surface area (Å²) in [6.45, 7) is 1.99. The van der Waals surface area contributed by atoms with Crippen LogP contribution in [0.1, 0.15) is 18.4 Å². The molecule has 1 fully saturated rings. The number of hydrogen-bond donors (Lipinski definition) is 1. The molecule has 72 valence electrons. The first-order chi connectivity index (χ1) is 6.24. The molecule has 1 aliphatic rings. The standard InChI is InChI=1S/C7H7Cl.C4H9N/c1-6-4-2-3-5-7(6)8;1-5-4-2-3-4/h2-5H,1H3;4-5H,2-3H2,1H3. The van der Waals surface area contributed by atoms with E-state index in [0.29, 0.717) is 0 Å². The zero-order valence-corrected chi connectivity index (χ0v) is 8.93. The van der Waals surface area contributed by atoms with Gasteiger partial charge in [-0.25, -0.2) is 0 Å². The van der Waals surface area contributed by atoms with Gasteiger partial charge >= 0.3 is 0 Å². The van der Waals surface area contributed by atoms with Crippen LogP contribution in [-0.2, 0) is 0 Å². The zero-order valence-electron chi connectivity index (χ0n) is 8.18. The quantitative estimate of drug-likeness (QED) is 0.730. The second-order valence-corrected chi connectivity index (χ2v) is 3.72. The second kappa shape index (κ2) is 5.25. The fourth-order valence-electron chi connectivity index (χ4n) is 0.923. The number of halogens is 1. The fourth-order valence-corrected chi connectivity index (χ4v) is 1.06. The lowest BCUT2D eigenvalue weighted by Crippen LogP contribution is -2.06. The van der Waals surface area contributed by atoms with Crippen LogP contribution in [0.5, 0.6) is 0 Å². The van der Waals surface area contributed by atoms with Crippen molar-refractivity contribution < 1.29 is 0 Å². The summed E-state index contributed by atoms with van der Waals surface area (Å²) in [4.78, 5) is 0. The molecule has 1 N–H and O–H groups in total. The van der Waals surface area contributed by atoms with Gasteiger partial charge < -0.3 is 5.32 Å². The molecule has 0 aromatic heterocycles. The van der Waals surface area contributed by atoms with Crippen LogP contribution in [0, 0.1) is 6.92 Å². The van der Waals surface area contributed by atoms with Crippen molar-refractivity contribution in [3.63, 3.8) is 0 Å². The molecule has 0 spiro atoms. The van der Waals surface area contributed by atoms with E-state index in [9.17, 15) is 0 Å². The van der Waals surface area contributed by atoms with Crippen molar-refractivity contribution in [3.8, 4) is 0 Å². The van der Waals surface area contributed by atoms with Crippen molar-refractivity contribution in [1.29, 1.82) is 0 Å². The largest absolute Gasteiger partial charge is 0.317 e. The Morgan fingerprint density at radius 3 is 2.15 bits per heavy atom. The predicted molar refractivity (Wildman–Crippen MR) is 58.3 cm³/mol. The van der Waals surface area contributed by atoms with E-state index in [1.165, 1.54) is 12.8 Å². The Kier molecular flexibility index (Phi) is 4.26. The van der Waals surface area contributed by atoms with Gasteiger partial charge in [-0.05, 0) is 38.4 Å². The van der Waals surface area contributed by atoms with E-state index >= 15 is 0 Å². The minimum absolute atomic E-state index is 0.840. The normalized spacial score (nSPS) is 14.7. The van der Waals surface area contributed by atoms with Crippen molar-refractivity contribution in [3.05, 3.63) is 34.9 Å². The number of hydrogen-bond acceptors (Lipinski definition) is 1. The van der Waals surface area contributed by atoms with Crippen LogP contribution in [0.2, 0.25) is 5.02 Å². The molecule has 2 rings (SSSR count). The van der Waals surface area contributed by atoms with Crippen molar-refractivity contribution in [2.24, 2.45) is 0 Å². The molecule has 0 saturated heterocycles. The summed E-state index contributed by atoms with van der Waals surface area (Å²) in [6, 6.07) is 8.66. The van der Waals surface area contributed by atoms with Crippen molar-refractivity contribution in [2.75, 3.05) is 7.05 Å². The first kappa shape index (κ1) is 10.6. The van der Waals surface area contributed by atoms with Crippen LogP contribution in [0.15, 0.2) is 24.3 Å². The van der Waals surface area contributed by atoms with Crippen molar-refractivity contribution in [1.82, 2.24) is 5.32 Å². The first-order valence-corrected chi connectivity index (χ1v) is 5.00. The molecule has 0 heterocycles. The average molecular weight is 198 g/mol. The molecular formula is C11H16ClN. The third kappa shape index (κ3) is 4.30. The molecule has 0 unspecified atom stereocenters. The Labute approximate surface area is 85.1 Å². The number of aryl methyl sites for hydroxylation is 1. The minimum Gasteiger partial charge on any atom is -0.317 e. The monoisotopic (exact) mass is 197 g/mol. The second-order valence-electron chi connectivity index (χ2n) is 3.31. The van der Waals surface area contributed by atoms with E-state index in [1.54, 1.807) is 0 Å². The summed E-state index contributed by atoms with van der Waals surface area (Å²) >= 11 is 5.71. The Balaban J connectivity index is 0.000000145. The molecule has 13 heavy (non-hydrogen) atoms. The van der Waals surface area contributed by atoms with Gasteiger partial charge in [0.15, 0.2) is 0 Å². The lowest BCUT2D eigenvalue weighted by Gasteiger charge is -1.90. The molecule has 1 saturated carbocycles. The molecule has 0 aliphatic heterocycles. The van der Waals surface area contributed by atoms with Gasteiger partial charge in [-0.1, -0.05) is 29.8 Å². The third-order valence-electron chi connectivity index (χ3n) is 2.06. The minimum atomic E-state index is 0.840. The molecule has 1 aromatic rings. The van der Waals surface area contributed by atoms with E-state index in [1.807, 2.05) is 38.2 Å². The Morgan fingerprint density at radius 2 is 1.92 bits per heavy atom. The van der Waals surface area contributed by atoms with Crippen molar-refractivity contribution in [2.45, 2.75) is 25.8 Å². The molecule has 0 radical (unpaired) electrons. The van der Waals surface area contributed by atoms with Crippen LogP contribution >= 0.6 is 11.6 Å². The molecule has 0 atom stereocenters. The average Bonchev–Trinajstić information content (AvgIpc) is 2.94. The topological polar surface area (TPSA) is 12.0 Å². The summed E-state index contributed by atoms with van der Waals surface area (Å²) in [7, 11) is 2.01. The maximum Gasteiger partial charge on any atom is 0.0435 e. The summed E-state index contributed by atoms with van der Waals surface area (Å²) in [6.07, 6.45) is 2.80. The lowest BCUT2D eigenvalue weighted by atomic mass is 10.2. The smallest absolute Gasteiger partial charge is 0.0435 e. The van der Waals surface area contributed by atoms with Crippen molar-refractivity contribution >= 4 is 11.6 Å². The van der Waals surface area contributed by atoms with E-state index in [0.717, 1.165) is 16.6 Å². The highest BCUT2D eigenvalue weighted by Crippen LogP contribution is 2.17. The van der Waals surface area contributed by atoms with Gasteiger partial charge in [0, 0.05) is 11.1 Å². The van der Waals surface area contributed by atoms with Gasteiger partial charge in [0.2, 0.25) is 0 Å².